The molecule has 1 N–H and O–H groups in total. The van der Waals surface area contributed by atoms with E-state index in [-0.39, 0.29) is 18.1 Å². The minimum absolute atomic E-state index is 0.0336. The average molecular weight is 286 g/mol. The molecule has 3 unspecified atom stereocenters. The maximum Gasteiger partial charge on any atom is 0.241 e. The van der Waals surface area contributed by atoms with Gasteiger partial charge in [0.2, 0.25) is 5.91 Å². The summed E-state index contributed by atoms with van der Waals surface area (Å²) in [6.07, 6.45) is 3.47. The molecule has 1 amide bonds. The topological polar surface area (TPSA) is 32.3 Å². The summed E-state index contributed by atoms with van der Waals surface area (Å²) < 4.78 is 0. The molecule has 1 aliphatic heterocycles. The molecule has 3 rings (SSSR count). The maximum atomic E-state index is 12.6. The van der Waals surface area contributed by atoms with Crippen LogP contribution in [0.1, 0.15) is 57.3 Å². The van der Waals surface area contributed by atoms with Crippen molar-refractivity contribution in [3.05, 3.63) is 35.4 Å². The van der Waals surface area contributed by atoms with Crippen LogP contribution < -0.4 is 5.32 Å². The van der Waals surface area contributed by atoms with Gasteiger partial charge in [0, 0.05) is 6.04 Å². The van der Waals surface area contributed by atoms with Gasteiger partial charge in [-0.05, 0) is 44.1 Å². The molecule has 0 radical (unpaired) electrons. The highest BCUT2D eigenvalue weighted by molar-refractivity contribution is 5.84. The highest BCUT2D eigenvalue weighted by Crippen LogP contribution is 2.42. The zero-order valence-corrected chi connectivity index (χ0v) is 13.5. The summed E-state index contributed by atoms with van der Waals surface area (Å²) in [4.78, 5) is 14.8. The molecule has 1 aliphatic carbocycles. The Morgan fingerprint density at radius 1 is 1.33 bits per heavy atom. The van der Waals surface area contributed by atoms with Gasteiger partial charge in [0.25, 0.3) is 0 Å². The number of rotatable bonds is 2. The number of amides is 1. The predicted octanol–water partition coefficient (Wildman–Crippen LogP) is 3.39. The molecule has 0 aromatic heterocycles. The van der Waals surface area contributed by atoms with E-state index in [2.05, 4.69) is 55.3 Å². The van der Waals surface area contributed by atoms with Crippen LogP contribution in [0.4, 0.5) is 0 Å². The Hall–Kier alpha value is -1.35. The lowest BCUT2D eigenvalue weighted by atomic mass is 9.91. The van der Waals surface area contributed by atoms with Gasteiger partial charge in [-0.1, -0.05) is 43.7 Å². The fourth-order valence-electron chi connectivity index (χ4n) is 3.86. The zero-order valence-electron chi connectivity index (χ0n) is 13.5. The maximum absolute atomic E-state index is 12.6. The predicted molar refractivity (Wildman–Crippen MR) is 84.8 cm³/mol. The number of nitrogens with zero attached hydrogens (tertiary/aromatic N) is 1. The van der Waals surface area contributed by atoms with Crippen molar-refractivity contribution in [2.45, 2.75) is 65.2 Å². The van der Waals surface area contributed by atoms with Crippen molar-refractivity contribution < 1.29 is 4.79 Å². The van der Waals surface area contributed by atoms with Gasteiger partial charge in [-0.3, -0.25) is 10.1 Å². The van der Waals surface area contributed by atoms with E-state index in [0.717, 1.165) is 12.8 Å². The van der Waals surface area contributed by atoms with Gasteiger partial charge in [0.1, 0.15) is 6.17 Å². The molecule has 1 saturated heterocycles. The summed E-state index contributed by atoms with van der Waals surface area (Å²) >= 11 is 0. The highest BCUT2D eigenvalue weighted by atomic mass is 16.2. The van der Waals surface area contributed by atoms with E-state index >= 15 is 0 Å². The minimum atomic E-state index is -0.0841. The first-order valence-electron chi connectivity index (χ1n) is 8.02. The molecular formula is C18H26N2O. The summed E-state index contributed by atoms with van der Waals surface area (Å²) in [6.45, 7) is 8.70. The average Bonchev–Trinajstić information content (AvgIpc) is 2.91. The van der Waals surface area contributed by atoms with Crippen LogP contribution in [0.3, 0.4) is 0 Å². The van der Waals surface area contributed by atoms with Gasteiger partial charge in [-0.15, -0.1) is 0 Å². The molecule has 1 heterocycles. The number of carbonyl (C=O) groups is 1. The first-order chi connectivity index (χ1) is 9.87. The molecule has 21 heavy (non-hydrogen) atoms. The summed E-state index contributed by atoms with van der Waals surface area (Å²) in [6, 6.07) is 8.79. The normalized spacial score (nSPS) is 31.9. The van der Waals surface area contributed by atoms with E-state index in [9.17, 15) is 4.79 Å². The van der Waals surface area contributed by atoms with E-state index in [1.54, 1.807) is 0 Å². The van der Waals surface area contributed by atoms with Crippen molar-refractivity contribution in [1.82, 2.24) is 10.2 Å². The minimum Gasteiger partial charge on any atom is -0.319 e. The van der Waals surface area contributed by atoms with Crippen LogP contribution in [0.5, 0.6) is 0 Å². The van der Waals surface area contributed by atoms with Gasteiger partial charge in [0.15, 0.2) is 0 Å². The number of benzene rings is 1. The molecule has 0 spiro atoms. The van der Waals surface area contributed by atoms with Crippen molar-refractivity contribution in [3.63, 3.8) is 0 Å². The first kappa shape index (κ1) is 14.6. The number of hydrogen-bond acceptors (Lipinski definition) is 2. The van der Waals surface area contributed by atoms with Gasteiger partial charge in [0.05, 0.1) is 6.04 Å². The molecule has 3 heteroatoms. The van der Waals surface area contributed by atoms with Gasteiger partial charge < -0.3 is 4.90 Å². The number of hydrogen-bond donors (Lipinski definition) is 1. The summed E-state index contributed by atoms with van der Waals surface area (Å²) in [5, 5.41) is 3.48. The summed E-state index contributed by atoms with van der Waals surface area (Å²) in [5.74, 6) is 0.254. The van der Waals surface area contributed by atoms with Crippen molar-refractivity contribution in [1.29, 1.82) is 0 Å². The van der Waals surface area contributed by atoms with Crippen LogP contribution in [0.25, 0.3) is 0 Å². The lowest BCUT2D eigenvalue weighted by molar-refractivity contribution is -0.132. The van der Waals surface area contributed by atoms with Crippen molar-refractivity contribution in [2.75, 3.05) is 0 Å². The second kappa shape index (κ2) is 5.13. The van der Waals surface area contributed by atoms with Crippen LogP contribution in [0.15, 0.2) is 24.3 Å². The standard InChI is InChI=1S/C18H26N2O/c1-12-6-5-7-14(10-12)16-19-13(2)17(21)20(16)15-8-9-18(3,4)11-15/h5-7,10,13,15-16,19H,8-9,11H2,1-4H3. The SMILES string of the molecule is Cc1cccc(C2NC(C)C(=O)N2C2CCC(C)(C)C2)c1. The molecule has 3 nitrogen and oxygen atoms in total. The first-order valence-corrected chi connectivity index (χ1v) is 8.02. The van der Waals surface area contributed by atoms with Gasteiger partial charge in [-0.25, -0.2) is 0 Å². The summed E-state index contributed by atoms with van der Waals surface area (Å²) in [5.41, 5.74) is 2.80. The van der Waals surface area contributed by atoms with E-state index in [1.165, 1.54) is 17.5 Å². The van der Waals surface area contributed by atoms with Gasteiger partial charge >= 0.3 is 0 Å². The zero-order chi connectivity index (χ0) is 15.2. The molecule has 0 bridgehead atoms. The Morgan fingerprint density at radius 3 is 2.71 bits per heavy atom. The van der Waals surface area contributed by atoms with Crippen molar-refractivity contribution >= 4 is 5.91 Å². The van der Waals surface area contributed by atoms with Crippen LogP contribution in [-0.4, -0.2) is 22.9 Å². The second-order valence-corrected chi connectivity index (χ2v) is 7.51. The fourth-order valence-corrected chi connectivity index (χ4v) is 3.86. The Kier molecular flexibility index (Phi) is 3.56. The molecular weight excluding hydrogens is 260 g/mol. The molecule has 2 aliphatic rings. The Bertz CT molecular complexity index is 552. The molecule has 2 fully saturated rings. The lowest BCUT2D eigenvalue weighted by Crippen LogP contribution is -2.39. The number of aryl methyl sites for hydroxylation is 1. The van der Waals surface area contributed by atoms with Crippen molar-refractivity contribution in [3.8, 4) is 0 Å². The third-order valence-electron chi connectivity index (χ3n) is 5.00. The summed E-state index contributed by atoms with van der Waals surface area (Å²) in [7, 11) is 0. The third-order valence-corrected chi connectivity index (χ3v) is 5.00. The lowest BCUT2D eigenvalue weighted by Gasteiger charge is -2.31. The molecule has 1 aromatic carbocycles. The smallest absolute Gasteiger partial charge is 0.241 e. The molecule has 114 valence electrons. The second-order valence-electron chi connectivity index (χ2n) is 7.51. The van der Waals surface area contributed by atoms with E-state index in [0.29, 0.717) is 11.5 Å². The van der Waals surface area contributed by atoms with Crippen LogP contribution >= 0.6 is 0 Å². The number of carbonyl (C=O) groups excluding carboxylic acids is 1. The molecule has 3 atom stereocenters. The van der Waals surface area contributed by atoms with E-state index in [1.807, 2.05) is 6.92 Å². The monoisotopic (exact) mass is 286 g/mol. The van der Waals surface area contributed by atoms with Crippen LogP contribution in [0, 0.1) is 12.3 Å². The third kappa shape index (κ3) is 2.71. The van der Waals surface area contributed by atoms with Crippen LogP contribution in [0.2, 0.25) is 0 Å². The highest BCUT2D eigenvalue weighted by Gasteiger charge is 2.45. The van der Waals surface area contributed by atoms with Gasteiger partial charge in [-0.2, -0.15) is 0 Å². The Morgan fingerprint density at radius 2 is 2.10 bits per heavy atom. The fraction of sp³-hybridized carbons (Fsp3) is 0.611. The molecule has 1 aromatic rings. The number of nitrogens with one attached hydrogen (secondary N) is 1. The largest absolute Gasteiger partial charge is 0.319 e. The molecule has 1 saturated carbocycles. The Balaban J connectivity index is 1.90. The van der Waals surface area contributed by atoms with E-state index in [4.69, 9.17) is 0 Å². The van der Waals surface area contributed by atoms with Crippen molar-refractivity contribution in [2.24, 2.45) is 5.41 Å². The quantitative estimate of drug-likeness (QED) is 0.904. The van der Waals surface area contributed by atoms with Crippen LogP contribution in [-0.2, 0) is 4.79 Å². The Labute approximate surface area is 127 Å². The van der Waals surface area contributed by atoms with E-state index < -0.39 is 0 Å².